The number of carbonyl (C=O) groups excluding carboxylic acids is 1. The smallest absolute Gasteiger partial charge is 0.253 e. The minimum Gasteiger partial charge on any atom is -0.395 e. The third-order valence-corrected chi connectivity index (χ3v) is 5.14. The lowest BCUT2D eigenvalue weighted by atomic mass is 10.1. The van der Waals surface area contributed by atoms with Crippen LogP contribution >= 0.6 is 34.2 Å². The highest BCUT2D eigenvalue weighted by atomic mass is 127. The number of anilines is 2. The molecule has 0 aromatic heterocycles. The Morgan fingerprint density at radius 3 is 2.39 bits per heavy atom. The third kappa shape index (κ3) is 6.89. The van der Waals surface area contributed by atoms with Crippen LogP contribution in [0.15, 0.2) is 36.4 Å². The van der Waals surface area contributed by atoms with Gasteiger partial charge in [0.2, 0.25) is 0 Å². The van der Waals surface area contributed by atoms with Gasteiger partial charge in [-0.15, -0.1) is 0 Å². The summed E-state index contributed by atoms with van der Waals surface area (Å²) >= 11 is 8.37. The molecule has 0 aliphatic rings. The number of aliphatic hydroxyl groups excluding tert-OH is 2. The number of nitrogens with zero attached hydrogens (tertiary/aromatic N) is 1. The molecule has 2 rings (SSSR count). The number of amides is 1. The molecule has 0 fully saturated rings. The van der Waals surface area contributed by atoms with Gasteiger partial charge in [0.1, 0.15) is 0 Å². The monoisotopic (exact) mass is 517 g/mol. The molecule has 0 aliphatic carbocycles. The van der Waals surface area contributed by atoms with Crippen LogP contribution in [0, 0.1) is 10.5 Å². The molecule has 28 heavy (non-hydrogen) atoms. The van der Waals surface area contributed by atoms with Crippen molar-refractivity contribution in [3.63, 3.8) is 0 Å². The first-order valence-corrected chi connectivity index (χ1v) is 10.4. The van der Waals surface area contributed by atoms with Crippen LogP contribution in [0.2, 0.25) is 5.02 Å². The fourth-order valence-corrected chi connectivity index (χ4v) is 3.59. The van der Waals surface area contributed by atoms with Crippen LogP contribution in [0.5, 0.6) is 0 Å². The van der Waals surface area contributed by atoms with Crippen molar-refractivity contribution >= 4 is 51.5 Å². The summed E-state index contributed by atoms with van der Waals surface area (Å²) < 4.78 is 1.14. The Labute approximate surface area is 184 Å². The molecule has 8 heteroatoms. The quantitative estimate of drug-likeness (QED) is 0.364. The molecule has 0 saturated carbocycles. The van der Waals surface area contributed by atoms with Gasteiger partial charge in [0.25, 0.3) is 5.91 Å². The van der Waals surface area contributed by atoms with E-state index in [1.165, 1.54) is 0 Å². The molecular weight excluding hydrogens is 493 g/mol. The molecular formula is C20H25ClIN3O3. The number of halogens is 2. The molecule has 0 heterocycles. The summed E-state index contributed by atoms with van der Waals surface area (Å²) in [7, 11) is 0. The molecule has 0 atom stereocenters. The third-order valence-electron chi connectivity index (χ3n) is 4.23. The number of rotatable bonds is 10. The van der Waals surface area contributed by atoms with Crippen molar-refractivity contribution in [3.05, 3.63) is 56.1 Å². The fraction of sp³-hybridized carbons (Fsp3) is 0.350. The standard InChI is InChI=1S/C20H25ClIN3O3/c1-14-12-16(22)3-5-18(14)24-19-4-2-15(21)13-17(19)20(28)23-6-7-25(8-10-26)9-11-27/h2-5,12-13,24,26-27H,6-11H2,1H3,(H,23,28). The van der Waals surface area contributed by atoms with Crippen LogP contribution in [0.25, 0.3) is 0 Å². The van der Waals surface area contributed by atoms with Gasteiger partial charge in [-0.05, 0) is 71.5 Å². The first-order chi connectivity index (χ1) is 13.4. The second kappa shape index (κ2) is 11.6. The van der Waals surface area contributed by atoms with E-state index < -0.39 is 0 Å². The van der Waals surface area contributed by atoms with Gasteiger partial charge in [-0.3, -0.25) is 9.69 Å². The van der Waals surface area contributed by atoms with Gasteiger partial charge < -0.3 is 20.8 Å². The van der Waals surface area contributed by atoms with E-state index in [1.54, 1.807) is 18.2 Å². The number of hydrogen-bond acceptors (Lipinski definition) is 5. The van der Waals surface area contributed by atoms with E-state index in [0.717, 1.165) is 14.8 Å². The van der Waals surface area contributed by atoms with Crippen LogP contribution in [-0.2, 0) is 0 Å². The zero-order chi connectivity index (χ0) is 20.5. The Morgan fingerprint density at radius 1 is 1.07 bits per heavy atom. The number of benzene rings is 2. The van der Waals surface area contributed by atoms with E-state index in [2.05, 4.69) is 39.3 Å². The van der Waals surface area contributed by atoms with Crippen molar-refractivity contribution in [2.24, 2.45) is 0 Å². The average Bonchev–Trinajstić information content (AvgIpc) is 2.65. The molecule has 1 amide bonds. The molecule has 0 bridgehead atoms. The van der Waals surface area contributed by atoms with E-state index in [4.69, 9.17) is 21.8 Å². The van der Waals surface area contributed by atoms with Gasteiger partial charge in [-0.2, -0.15) is 0 Å². The summed E-state index contributed by atoms with van der Waals surface area (Å²) in [5.74, 6) is -0.235. The lowest BCUT2D eigenvalue weighted by Gasteiger charge is -2.20. The minimum absolute atomic E-state index is 0.00563. The maximum atomic E-state index is 12.7. The van der Waals surface area contributed by atoms with Crippen molar-refractivity contribution in [1.82, 2.24) is 10.2 Å². The summed E-state index contributed by atoms with van der Waals surface area (Å²) in [5, 5.41) is 24.8. The first kappa shape index (κ1) is 22.9. The number of carbonyl (C=O) groups is 1. The SMILES string of the molecule is Cc1cc(I)ccc1Nc1ccc(Cl)cc1C(=O)NCCN(CCO)CCO. The highest BCUT2D eigenvalue weighted by Crippen LogP contribution is 2.27. The molecule has 152 valence electrons. The van der Waals surface area contributed by atoms with Gasteiger partial charge >= 0.3 is 0 Å². The van der Waals surface area contributed by atoms with Crippen molar-refractivity contribution in [3.8, 4) is 0 Å². The molecule has 0 unspecified atom stereocenters. The number of hydrogen-bond donors (Lipinski definition) is 4. The van der Waals surface area contributed by atoms with Crippen molar-refractivity contribution in [2.75, 3.05) is 44.7 Å². The minimum atomic E-state index is -0.235. The second-order valence-electron chi connectivity index (χ2n) is 6.32. The number of nitrogens with one attached hydrogen (secondary N) is 2. The largest absolute Gasteiger partial charge is 0.395 e. The molecule has 2 aromatic rings. The Balaban J connectivity index is 2.09. The molecule has 4 N–H and O–H groups in total. The van der Waals surface area contributed by atoms with Gasteiger partial charge in [-0.1, -0.05) is 11.6 Å². The molecule has 0 saturated heterocycles. The summed E-state index contributed by atoms with van der Waals surface area (Å²) in [5.41, 5.74) is 3.14. The maximum absolute atomic E-state index is 12.7. The summed E-state index contributed by atoms with van der Waals surface area (Å²) in [6.45, 7) is 3.85. The zero-order valence-corrected chi connectivity index (χ0v) is 18.6. The first-order valence-electron chi connectivity index (χ1n) is 8.99. The van der Waals surface area contributed by atoms with E-state index in [1.807, 2.05) is 24.0 Å². The van der Waals surface area contributed by atoms with E-state index in [9.17, 15) is 4.79 Å². The predicted octanol–water partition coefficient (Wildman–Crippen LogP) is 3.01. The Kier molecular flexibility index (Phi) is 9.46. The maximum Gasteiger partial charge on any atom is 0.253 e. The highest BCUT2D eigenvalue weighted by molar-refractivity contribution is 14.1. The molecule has 6 nitrogen and oxygen atoms in total. The normalized spacial score (nSPS) is 10.9. The molecule has 2 aromatic carbocycles. The van der Waals surface area contributed by atoms with Gasteiger partial charge in [0, 0.05) is 40.5 Å². The van der Waals surface area contributed by atoms with Crippen LogP contribution in [0.3, 0.4) is 0 Å². The van der Waals surface area contributed by atoms with E-state index >= 15 is 0 Å². The summed E-state index contributed by atoms with van der Waals surface area (Å²) in [6, 6.07) is 11.2. The van der Waals surface area contributed by atoms with Crippen LogP contribution in [-0.4, -0.2) is 60.4 Å². The molecule has 0 aliphatic heterocycles. The van der Waals surface area contributed by atoms with Crippen LogP contribution in [0.1, 0.15) is 15.9 Å². The summed E-state index contributed by atoms with van der Waals surface area (Å²) in [4.78, 5) is 14.6. The van der Waals surface area contributed by atoms with Gasteiger partial charge in [-0.25, -0.2) is 0 Å². The highest BCUT2D eigenvalue weighted by Gasteiger charge is 2.14. The second-order valence-corrected chi connectivity index (χ2v) is 8.00. The number of aliphatic hydroxyl groups is 2. The zero-order valence-electron chi connectivity index (χ0n) is 15.7. The molecule has 0 spiro atoms. The van der Waals surface area contributed by atoms with E-state index in [0.29, 0.717) is 42.5 Å². The van der Waals surface area contributed by atoms with Gasteiger partial charge in [0.15, 0.2) is 0 Å². The Hall–Kier alpha value is -1.39. The lowest BCUT2D eigenvalue weighted by molar-refractivity contribution is 0.0945. The Bertz CT molecular complexity index is 798. The topological polar surface area (TPSA) is 84.8 Å². The van der Waals surface area contributed by atoms with Crippen molar-refractivity contribution in [1.29, 1.82) is 0 Å². The fourth-order valence-electron chi connectivity index (χ4n) is 2.77. The summed E-state index contributed by atoms with van der Waals surface area (Å²) in [6.07, 6.45) is 0. The van der Waals surface area contributed by atoms with Gasteiger partial charge in [0.05, 0.1) is 24.5 Å². The van der Waals surface area contributed by atoms with E-state index in [-0.39, 0.29) is 19.1 Å². The lowest BCUT2D eigenvalue weighted by Crippen LogP contribution is -2.38. The predicted molar refractivity (Wildman–Crippen MR) is 122 cm³/mol. The van der Waals surface area contributed by atoms with Crippen LogP contribution in [0.4, 0.5) is 11.4 Å². The molecule has 0 radical (unpaired) electrons. The Morgan fingerprint density at radius 2 is 1.75 bits per heavy atom. The van der Waals surface area contributed by atoms with Crippen LogP contribution < -0.4 is 10.6 Å². The van der Waals surface area contributed by atoms with Crippen molar-refractivity contribution < 1.29 is 15.0 Å². The average molecular weight is 518 g/mol. The number of aryl methyl sites for hydroxylation is 1. The van der Waals surface area contributed by atoms with Crippen molar-refractivity contribution in [2.45, 2.75) is 6.92 Å².